The summed E-state index contributed by atoms with van der Waals surface area (Å²) in [5.74, 6) is -0.369. The van der Waals surface area contributed by atoms with Gasteiger partial charge < -0.3 is 10.4 Å². The van der Waals surface area contributed by atoms with Gasteiger partial charge in [-0.25, -0.2) is 8.42 Å². The molecule has 128 valence electrons. The number of rotatable bonds is 6. The molecule has 0 radical (unpaired) electrons. The van der Waals surface area contributed by atoms with Gasteiger partial charge in [-0.05, 0) is 50.2 Å². The van der Waals surface area contributed by atoms with Crippen LogP contribution in [0.5, 0.6) is 0 Å². The Morgan fingerprint density at radius 2 is 1.67 bits per heavy atom. The lowest BCUT2D eigenvalue weighted by molar-refractivity contribution is 0.0924. The molecule has 0 spiro atoms. The largest absolute Gasteiger partial charge is 0.392 e. The number of aryl methyl sites for hydroxylation is 1. The smallest absolute Gasteiger partial charge is 0.261 e. The highest BCUT2D eigenvalue weighted by Crippen LogP contribution is 2.17. The minimum atomic E-state index is -3.72. The number of aliphatic hydroxyl groups is 1. The number of nitrogens with one attached hydrogen (secondary N) is 2. The summed E-state index contributed by atoms with van der Waals surface area (Å²) in [5, 5.41) is 11.7. The van der Waals surface area contributed by atoms with Crippen molar-refractivity contribution in [2.24, 2.45) is 0 Å². The number of carbonyl (C=O) groups excluding carboxylic acids is 1. The van der Waals surface area contributed by atoms with E-state index in [2.05, 4.69) is 10.0 Å². The molecular formula is C17H20N2O4S. The lowest BCUT2D eigenvalue weighted by Crippen LogP contribution is -2.30. The molecule has 6 nitrogen and oxygen atoms in total. The average Bonchev–Trinajstić information content (AvgIpc) is 2.54. The van der Waals surface area contributed by atoms with E-state index in [0.29, 0.717) is 11.3 Å². The normalized spacial score (nSPS) is 12.5. The Morgan fingerprint density at radius 3 is 2.21 bits per heavy atom. The molecule has 1 atom stereocenters. The molecule has 7 heteroatoms. The number of amides is 1. The van der Waals surface area contributed by atoms with Crippen LogP contribution in [-0.2, 0) is 10.0 Å². The molecule has 0 saturated carbocycles. The molecule has 2 aromatic carbocycles. The van der Waals surface area contributed by atoms with E-state index >= 15 is 0 Å². The van der Waals surface area contributed by atoms with Crippen LogP contribution >= 0.6 is 0 Å². The van der Waals surface area contributed by atoms with E-state index in [-0.39, 0.29) is 17.3 Å². The number of carbonyl (C=O) groups is 1. The van der Waals surface area contributed by atoms with Crippen LogP contribution in [0.25, 0.3) is 0 Å². The Morgan fingerprint density at radius 1 is 1.08 bits per heavy atom. The highest BCUT2D eigenvalue weighted by molar-refractivity contribution is 7.92. The summed E-state index contributed by atoms with van der Waals surface area (Å²) in [6.45, 7) is 3.61. The molecule has 0 aliphatic rings. The fraction of sp³-hybridized carbons (Fsp3) is 0.235. The maximum absolute atomic E-state index is 12.3. The Balaban J connectivity index is 2.11. The van der Waals surface area contributed by atoms with E-state index in [1.54, 1.807) is 19.1 Å². The molecule has 2 rings (SSSR count). The number of sulfonamides is 1. The predicted octanol–water partition coefficient (Wildman–Crippen LogP) is 1.91. The van der Waals surface area contributed by atoms with Crippen LogP contribution in [-0.4, -0.2) is 32.1 Å². The van der Waals surface area contributed by atoms with Gasteiger partial charge in [0.15, 0.2) is 0 Å². The van der Waals surface area contributed by atoms with Crippen molar-refractivity contribution in [1.82, 2.24) is 5.32 Å². The fourth-order valence-corrected chi connectivity index (χ4v) is 3.02. The first-order valence-electron chi connectivity index (χ1n) is 7.44. The number of anilines is 1. The second-order valence-electron chi connectivity index (χ2n) is 5.55. The first kappa shape index (κ1) is 18.0. The SMILES string of the molecule is Cc1ccc(NS(=O)(=O)c2ccc(C(=O)NCC(C)O)cc2)cc1. The van der Waals surface area contributed by atoms with Crippen LogP contribution in [0.15, 0.2) is 53.4 Å². The third kappa shape index (κ3) is 4.81. The molecule has 1 unspecified atom stereocenters. The van der Waals surface area contributed by atoms with E-state index in [1.807, 2.05) is 19.1 Å². The van der Waals surface area contributed by atoms with E-state index in [9.17, 15) is 13.2 Å². The Bertz CT molecular complexity index is 797. The molecule has 1 amide bonds. The summed E-state index contributed by atoms with van der Waals surface area (Å²) in [7, 11) is -3.72. The van der Waals surface area contributed by atoms with E-state index < -0.39 is 16.1 Å². The first-order chi connectivity index (χ1) is 11.3. The van der Waals surface area contributed by atoms with Gasteiger partial charge in [-0.1, -0.05) is 17.7 Å². The van der Waals surface area contributed by atoms with Crippen molar-refractivity contribution in [1.29, 1.82) is 0 Å². The van der Waals surface area contributed by atoms with Crippen LogP contribution < -0.4 is 10.0 Å². The number of aliphatic hydroxyl groups excluding tert-OH is 1. The van der Waals surface area contributed by atoms with Gasteiger partial charge in [0.05, 0.1) is 11.0 Å². The Hall–Kier alpha value is -2.38. The maximum atomic E-state index is 12.3. The molecule has 24 heavy (non-hydrogen) atoms. The van der Waals surface area contributed by atoms with Crippen LogP contribution in [0.3, 0.4) is 0 Å². The zero-order valence-corrected chi connectivity index (χ0v) is 14.3. The molecule has 2 aromatic rings. The molecule has 3 N–H and O–H groups in total. The first-order valence-corrected chi connectivity index (χ1v) is 8.92. The zero-order chi connectivity index (χ0) is 17.7. The van der Waals surface area contributed by atoms with Gasteiger partial charge >= 0.3 is 0 Å². The van der Waals surface area contributed by atoms with Crippen molar-refractivity contribution >= 4 is 21.6 Å². The molecule has 0 aliphatic heterocycles. The van der Waals surface area contributed by atoms with E-state index in [4.69, 9.17) is 5.11 Å². The van der Waals surface area contributed by atoms with Crippen LogP contribution in [0, 0.1) is 6.92 Å². The van der Waals surface area contributed by atoms with Crippen LogP contribution in [0.4, 0.5) is 5.69 Å². The quantitative estimate of drug-likeness (QED) is 0.743. The van der Waals surface area contributed by atoms with Crippen LogP contribution in [0.1, 0.15) is 22.8 Å². The minimum Gasteiger partial charge on any atom is -0.392 e. The van der Waals surface area contributed by atoms with Crippen LogP contribution in [0.2, 0.25) is 0 Å². The summed E-state index contributed by atoms with van der Waals surface area (Å²) in [6, 6.07) is 12.6. The Labute approximate surface area is 141 Å². The summed E-state index contributed by atoms with van der Waals surface area (Å²) in [4.78, 5) is 11.9. The molecular weight excluding hydrogens is 328 g/mol. The summed E-state index contributed by atoms with van der Waals surface area (Å²) >= 11 is 0. The minimum absolute atomic E-state index is 0.0650. The van der Waals surface area contributed by atoms with Crippen molar-refractivity contribution in [3.05, 3.63) is 59.7 Å². The second-order valence-corrected chi connectivity index (χ2v) is 7.24. The standard InChI is InChI=1S/C17H20N2O4S/c1-12-3-7-15(8-4-12)19-24(22,23)16-9-5-14(6-10-16)17(21)18-11-13(2)20/h3-10,13,19-20H,11H2,1-2H3,(H,18,21). The van der Waals surface area contributed by atoms with Gasteiger partial charge in [0.25, 0.3) is 15.9 Å². The molecule has 0 saturated heterocycles. The van der Waals surface area contributed by atoms with Gasteiger partial charge in [0, 0.05) is 17.8 Å². The summed E-state index contributed by atoms with van der Waals surface area (Å²) in [5.41, 5.74) is 1.83. The van der Waals surface area contributed by atoms with Gasteiger partial charge in [-0.3, -0.25) is 9.52 Å². The van der Waals surface area contributed by atoms with Gasteiger partial charge in [0.2, 0.25) is 0 Å². The topological polar surface area (TPSA) is 95.5 Å². The van der Waals surface area contributed by atoms with E-state index in [0.717, 1.165) is 5.56 Å². The van der Waals surface area contributed by atoms with Crippen molar-refractivity contribution in [2.75, 3.05) is 11.3 Å². The van der Waals surface area contributed by atoms with E-state index in [1.165, 1.54) is 24.3 Å². The molecule has 0 aromatic heterocycles. The lowest BCUT2D eigenvalue weighted by atomic mass is 10.2. The average molecular weight is 348 g/mol. The number of hydrogen-bond donors (Lipinski definition) is 3. The highest BCUT2D eigenvalue weighted by Gasteiger charge is 2.15. The summed E-state index contributed by atoms with van der Waals surface area (Å²) in [6.07, 6.45) is -0.646. The van der Waals surface area contributed by atoms with Crippen molar-refractivity contribution in [2.45, 2.75) is 24.8 Å². The molecule has 0 fully saturated rings. The molecule has 0 bridgehead atoms. The maximum Gasteiger partial charge on any atom is 0.261 e. The van der Waals surface area contributed by atoms with Crippen molar-refractivity contribution in [3.8, 4) is 0 Å². The molecule has 0 heterocycles. The van der Waals surface area contributed by atoms with Crippen molar-refractivity contribution in [3.63, 3.8) is 0 Å². The van der Waals surface area contributed by atoms with Gasteiger partial charge in [-0.2, -0.15) is 0 Å². The van der Waals surface area contributed by atoms with Gasteiger partial charge in [0.1, 0.15) is 0 Å². The zero-order valence-electron chi connectivity index (χ0n) is 13.5. The monoisotopic (exact) mass is 348 g/mol. The fourth-order valence-electron chi connectivity index (χ4n) is 1.96. The van der Waals surface area contributed by atoms with Gasteiger partial charge in [-0.15, -0.1) is 0 Å². The highest BCUT2D eigenvalue weighted by atomic mass is 32.2. The second kappa shape index (κ2) is 7.46. The predicted molar refractivity (Wildman–Crippen MR) is 92.4 cm³/mol. The number of benzene rings is 2. The third-order valence-electron chi connectivity index (χ3n) is 3.29. The third-order valence-corrected chi connectivity index (χ3v) is 4.69. The Kier molecular flexibility index (Phi) is 5.58. The van der Waals surface area contributed by atoms with Crippen molar-refractivity contribution < 1.29 is 18.3 Å². The number of hydrogen-bond acceptors (Lipinski definition) is 4. The lowest BCUT2D eigenvalue weighted by Gasteiger charge is -2.10. The molecule has 0 aliphatic carbocycles. The summed E-state index contributed by atoms with van der Waals surface area (Å²) < 4.78 is 27.2.